The first-order valence-corrected chi connectivity index (χ1v) is 6.48. The van der Waals surface area contributed by atoms with E-state index in [1.807, 2.05) is 0 Å². The van der Waals surface area contributed by atoms with Crippen LogP contribution in [0.4, 0.5) is 0 Å². The quantitative estimate of drug-likeness (QED) is 0.591. The highest BCUT2D eigenvalue weighted by Gasteiger charge is 2.45. The molecule has 0 N–H and O–H groups in total. The fraction of sp³-hybridized carbons (Fsp3) is 1.00. The summed E-state index contributed by atoms with van der Waals surface area (Å²) in [6.07, 6.45) is 8.58. The average molecular weight is 196 g/mol. The largest absolute Gasteiger partial charge is 0.0654 e. The second-order valence-corrected chi connectivity index (χ2v) is 6.11. The van der Waals surface area contributed by atoms with Gasteiger partial charge in [-0.2, -0.15) is 0 Å². The van der Waals surface area contributed by atoms with Crippen molar-refractivity contribution < 1.29 is 0 Å². The zero-order valence-corrected chi connectivity index (χ0v) is 10.8. The summed E-state index contributed by atoms with van der Waals surface area (Å²) >= 11 is 0. The molecule has 0 spiro atoms. The smallest absolute Gasteiger partial charge is 0.0269 e. The fourth-order valence-corrected chi connectivity index (χ4v) is 3.37. The summed E-state index contributed by atoms with van der Waals surface area (Å²) in [6, 6.07) is 0. The minimum absolute atomic E-state index is 0.652. The van der Waals surface area contributed by atoms with Crippen molar-refractivity contribution in [2.24, 2.45) is 16.7 Å². The van der Waals surface area contributed by atoms with Crippen LogP contribution in [0.3, 0.4) is 0 Å². The third kappa shape index (κ3) is 2.15. The van der Waals surface area contributed by atoms with E-state index in [1.165, 1.54) is 38.5 Å². The molecule has 1 saturated carbocycles. The lowest BCUT2D eigenvalue weighted by Gasteiger charge is -2.35. The summed E-state index contributed by atoms with van der Waals surface area (Å²) in [7, 11) is 0. The third-order valence-corrected chi connectivity index (χ3v) is 4.83. The van der Waals surface area contributed by atoms with Gasteiger partial charge in [-0.05, 0) is 42.4 Å². The maximum absolute atomic E-state index is 2.49. The monoisotopic (exact) mass is 196 g/mol. The molecule has 0 aromatic carbocycles. The van der Waals surface area contributed by atoms with Gasteiger partial charge in [0.25, 0.3) is 0 Å². The van der Waals surface area contributed by atoms with Crippen LogP contribution in [0.5, 0.6) is 0 Å². The molecule has 0 bridgehead atoms. The van der Waals surface area contributed by atoms with Crippen molar-refractivity contribution in [3.8, 4) is 0 Å². The normalized spacial score (nSPS) is 38.1. The molecule has 0 heteroatoms. The molecule has 1 aliphatic carbocycles. The van der Waals surface area contributed by atoms with E-state index in [1.54, 1.807) is 0 Å². The van der Waals surface area contributed by atoms with E-state index in [0.29, 0.717) is 10.8 Å². The lowest BCUT2D eigenvalue weighted by Crippen LogP contribution is -2.25. The molecule has 0 radical (unpaired) electrons. The van der Waals surface area contributed by atoms with Crippen molar-refractivity contribution in [1.29, 1.82) is 0 Å². The topological polar surface area (TPSA) is 0 Å². The fourth-order valence-electron chi connectivity index (χ4n) is 3.37. The first-order valence-electron chi connectivity index (χ1n) is 6.48. The van der Waals surface area contributed by atoms with Crippen LogP contribution in [0, 0.1) is 16.7 Å². The molecular weight excluding hydrogens is 168 g/mol. The molecule has 2 unspecified atom stereocenters. The van der Waals surface area contributed by atoms with E-state index in [2.05, 4.69) is 34.6 Å². The van der Waals surface area contributed by atoms with E-state index in [9.17, 15) is 0 Å². The van der Waals surface area contributed by atoms with Gasteiger partial charge in [0.05, 0.1) is 0 Å². The standard InChI is InChI=1S/C14H28/c1-6-8-14(12(3)4)10-9-13(5,7-2)11-14/h12H,6-11H2,1-5H3. The third-order valence-electron chi connectivity index (χ3n) is 4.83. The Kier molecular flexibility index (Phi) is 3.66. The van der Waals surface area contributed by atoms with Crippen LogP contribution < -0.4 is 0 Å². The zero-order chi connectivity index (χ0) is 10.8. The molecular formula is C14H28. The second-order valence-electron chi connectivity index (χ2n) is 6.11. The van der Waals surface area contributed by atoms with Crippen molar-refractivity contribution in [1.82, 2.24) is 0 Å². The molecule has 84 valence electrons. The molecule has 0 saturated heterocycles. The van der Waals surface area contributed by atoms with Gasteiger partial charge < -0.3 is 0 Å². The lowest BCUT2D eigenvalue weighted by molar-refractivity contribution is 0.148. The van der Waals surface area contributed by atoms with Gasteiger partial charge in [-0.25, -0.2) is 0 Å². The van der Waals surface area contributed by atoms with Crippen LogP contribution in [0.25, 0.3) is 0 Å². The van der Waals surface area contributed by atoms with E-state index in [4.69, 9.17) is 0 Å². The first kappa shape index (κ1) is 12.1. The van der Waals surface area contributed by atoms with Crippen molar-refractivity contribution >= 4 is 0 Å². The Morgan fingerprint density at radius 1 is 1.14 bits per heavy atom. The van der Waals surface area contributed by atoms with Crippen molar-refractivity contribution in [2.75, 3.05) is 0 Å². The van der Waals surface area contributed by atoms with E-state index in [-0.39, 0.29) is 0 Å². The summed E-state index contributed by atoms with van der Waals surface area (Å²) in [4.78, 5) is 0. The van der Waals surface area contributed by atoms with E-state index in [0.717, 1.165) is 5.92 Å². The maximum Gasteiger partial charge on any atom is -0.0269 e. The molecule has 1 fully saturated rings. The van der Waals surface area contributed by atoms with Crippen LogP contribution >= 0.6 is 0 Å². The highest BCUT2D eigenvalue weighted by atomic mass is 14.5. The number of rotatable bonds is 4. The van der Waals surface area contributed by atoms with Crippen molar-refractivity contribution in [3.05, 3.63) is 0 Å². The molecule has 0 aromatic rings. The van der Waals surface area contributed by atoms with Gasteiger partial charge in [-0.1, -0.05) is 47.5 Å². The Balaban J connectivity index is 2.74. The second kappa shape index (κ2) is 4.24. The Labute approximate surface area is 90.5 Å². The summed E-state index contributed by atoms with van der Waals surface area (Å²) < 4.78 is 0. The molecule has 0 heterocycles. The molecule has 0 amide bonds. The summed E-state index contributed by atoms with van der Waals surface area (Å²) in [6.45, 7) is 12.1. The number of hydrogen-bond acceptors (Lipinski definition) is 0. The Morgan fingerprint density at radius 2 is 1.79 bits per heavy atom. The van der Waals surface area contributed by atoms with Gasteiger partial charge in [0.2, 0.25) is 0 Å². The molecule has 0 aliphatic heterocycles. The SMILES string of the molecule is CCCC1(C(C)C)CCC(C)(CC)C1. The van der Waals surface area contributed by atoms with Crippen LogP contribution in [0.15, 0.2) is 0 Å². The average Bonchev–Trinajstić information content (AvgIpc) is 2.47. The summed E-state index contributed by atoms with van der Waals surface area (Å²) in [5.41, 5.74) is 1.33. The predicted molar refractivity (Wildman–Crippen MR) is 64.4 cm³/mol. The van der Waals surface area contributed by atoms with Crippen LogP contribution in [-0.2, 0) is 0 Å². The zero-order valence-electron chi connectivity index (χ0n) is 10.8. The van der Waals surface area contributed by atoms with Gasteiger partial charge >= 0.3 is 0 Å². The Hall–Kier alpha value is 0. The minimum atomic E-state index is 0.652. The molecule has 0 nitrogen and oxygen atoms in total. The highest BCUT2D eigenvalue weighted by molar-refractivity contribution is 4.96. The summed E-state index contributed by atoms with van der Waals surface area (Å²) in [5, 5.41) is 0. The first-order chi connectivity index (χ1) is 6.48. The lowest BCUT2D eigenvalue weighted by atomic mass is 9.70. The van der Waals surface area contributed by atoms with Gasteiger partial charge in [-0.3, -0.25) is 0 Å². The van der Waals surface area contributed by atoms with Gasteiger partial charge in [0, 0.05) is 0 Å². The summed E-state index contributed by atoms with van der Waals surface area (Å²) in [5.74, 6) is 0.871. The molecule has 1 rings (SSSR count). The molecule has 2 atom stereocenters. The number of hydrogen-bond donors (Lipinski definition) is 0. The molecule has 0 aromatic heterocycles. The van der Waals surface area contributed by atoms with Crippen LogP contribution in [0.1, 0.15) is 73.1 Å². The van der Waals surface area contributed by atoms with E-state index >= 15 is 0 Å². The van der Waals surface area contributed by atoms with Gasteiger partial charge in [0.15, 0.2) is 0 Å². The Bertz CT molecular complexity index is 182. The molecule has 1 aliphatic rings. The minimum Gasteiger partial charge on any atom is -0.0654 e. The molecule has 14 heavy (non-hydrogen) atoms. The Morgan fingerprint density at radius 3 is 2.14 bits per heavy atom. The van der Waals surface area contributed by atoms with Gasteiger partial charge in [-0.15, -0.1) is 0 Å². The predicted octanol–water partition coefficient (Wildman–Crippen LogP) is 5.03. The maximum atomic E-state index is 2.49. The van der Waals surface area contributed by atoms with Crippen molar-refractivity contribution in [2.45, 2.75) is 73.1 Å². The van der Waals surface area contributed by atoms with Crippen molar-refractivity contribution in [3.63, 3.8) is 0 Å². The van der Waals surface area contributed by atoms with E-state index < -0.39 is 0 Å². The highest BCUT2D eigenvalue weighted by Crippen LogP contribution is 2.56. The van der Waals surface area contributed by atoms with Crippen LogP contribution in [0.2, 0.25) is 0 Å². The van der Waals surface area contributed by atoms with Crippen LogP contribution in [-0.4, -0.2) is 0 Å². The van der Waals surface area contributed by atoms with Gasteiger partial charge in [0.1, 0.15) is 0 Å².